The Labute approximate surface area is 169 Å². The quantitative estimate of drug-likeness (QED) is 0.699. The predicted octanol–water partition coefficient (Wildman–Crippen LogP) is 3.21. The highest BCUT2D eigenvalue weighted by molar-refractivity contribution is 5.80. The number of hydrogen-bond acceptors (Lipinski definition) is 6. The number of anilines is 1. The minimum absolute atomic E-state index is 0.355. The summed E-state index contributed by atoms with van der Waals surface area (Å²) in [6.07, 6.45) is 9.12. The van der Waals surface area contributed by atoms with Crippen LogP contribution in [0.2, 0.25) is 0 Å². The standard InChI is InChI=1S/C22H24N6O/c1-29-17-7-2-5-15(13-17)20-21(28-12-4-8-19(28)27-20)18-9-11-24-22(26-18)25-16-6-3-10-23-14-16/h2,4-5,7,9,11-13,16,23H,3,6,8,10,14H2,1H3,(H,24,25,26)/t16-/m1/s1. The fraction of sp³-hybridized carbons (Fsp3) is 0.318. The molecule has 0 aliphatic carbocycles. The highest BCUT2D eigenvalue weighted by Crippen LogP contribution is 2.35. The summed E-state index contributed by atoms with van der Waals surface area (Å²) in [6.45, 7) is 2.02. The second-order valence-electron chi connectivity index (χ2n) is 7.37. The van der Waals surface area contributed by atoms with Crippen LogP contribution in [0.1, 0.15) is 18.7 Å². The topological polar surface area (TPSA) is 76.9 Å². The van der Waals surface area contributed by atoms with Crippen LogP contribution in [-0.2, 0) is 6.42 Å². The van der Waals surface area contributed by atoms with Crippen molar-refractivity contribution in [3.63, 3.8) is 0 Å². The van der Waals surface area contributed by atoms with E-state index in [0.717, 1.165) is 66.6 Å². The fourth-order valence-electron chi connectivity index (χ4n) is 3.98. The Morgan fingerprint density at radius 2 is 2.21 bits per heavy atom. The number of aromatic nitrogens is 4. The maximum atomic E-state index is 5.41. The maximum Gasteiger partial charge on any atom is 0.223 e. The van der Waals surface area contributed by atoms with Gasteiger partial charge in [0.25, 0.3) is 0 Å². The highest BCUT2D eigenvalue weighted by atomic mass is 16.5. The number of hydrogen-bond donors (Lipinski definition) is 2. The second-order valence-corrected chi connectivity index (χ2v) is 7.37. The molecule has 7 heteroatoms. The zero-order chi connectivity index (χ0) is 19.6. The van der Waals surface area contributed by atoms with E-state index in [1.807, 2.05) is 30.5 Å². The Balaban J connectivity index is 1.55. The summed E-state index contributed by atoms with van der Waals surface area (Å²) in [5, 5.41) is 6.90. The molecule has 2 aliphatic rings. The van der Waals surface area contributed by atoms with Gasteiger partial charge in [-0.1, -0.05) is 18.2 Å². The number of fused-ring (bicyclic) bond motifs is 1. The van der Waals surface area contributed by atoms with Crippen LogP contribution in [0.4, 0.5) is 5.95 Å². The van der Waals surface area contributed by atoms with E-state index in [9.17, 15) is 0 Å². The van der Waals surface area contributed by atoms with Gasteiger partial charge < -0.3 is 19.9 Å². The summed E-state index contributed by atoms with van der Waals surface area (Å²) in [5.41, 5.74) is 3.76. The lowest BCUT2D eigenvalue weighted by molar-refractivity contribution is 0.415. The van der Waals surface area contributed by atoms with Crippen molar-refractivity contribution < 1.29 is 4.74 Å². The monoisotopic (exact) mass is 388 g/mol. The van der Waals surface area contributed by atoms with Gasteiger partial charge in [0.2, 0.25) is 5.95 Å². The summed E-state index contributed by atoms with van der Waals surface area (Å²) in [5.74, 6) is 2.49. The van der Waals surface area contributed by atoms with Crippen molar-refractivity contribution in [3.05, 3.63) is 48.4 Å². The molecule has 2 N–H and O–H groups in total. The number of imidazole rings is 1. The van der Waals surface area contributed by atoms with Crippen molar-refractivity contribution in [3.8, 4) is 28.4 Å². The maximum absolute atomic E-state index is 5.41. The van der Waals surface area contributed by atoms with Crippen molar-refractivity contribution in [2.24, 2.45) is 0 Å². The van der Waals surface area contributed by atoms with Crippen molar-refractivity contribution in [2.45, 2.75) is 25.3 Å². The zero-order valence-corrected chi connectivity index (χ0v) is 16.4. The first kappa shape index (κ1) is 17.9. The Hall–Kier alpha value is -3.19. The van der Waals surface area contributed by atoms with Crippen LogP contribution in [0.25, 0.3) is 28.8 Å². The molecule has 0 amide bonds. The molecule has 0 saturated carbocycles. The molecule has 0 unspecified atom stereocenters. The summed E-state index contributed by atoms with van der Waals surface area (Å²) < 4.78 is 7.54. The Bertz CT molecular complexity index is 1050. The molecule has 29 heavy (non-hydrogen) atoms. The zero-order valence-electron chi connectivity index (χ0n) is 16.4. The SMILES string of the molecule is COc1cccc(-c2nc3n(c2-c2ccnc(N[C@@H]4CCCNC4)n2)C=CC3)c1. The van der Waals surface area contributed by atoms with Gasteiger partial charge in [-0.2, -0.15) is 0 Å². The molecule has 1 saturated heterocycles. The lowest BCUT2D eigenvalue weighted by Gasteiger charge is -2.23. The van der Waals surface area contributed by atoms with Gasteiger partial charge in [-0.25, -0.2) is 15.0 Å². The molecule has 0 spiro atoms. The number of rotatable bonds is 5. The molecular formula is C22H24N6O. The van der Waals surface area contributed by atoms with Crippen molar-refractivity contribution >= 4 is 12.1 Å². The van der Waals surface area contributed by atoms with Crippen molar-refractivity contribution in [1.82, 2.24) is 24.8 Å². The smallest absolute Gasteiger partial charge is 0.223 e. The Kier molecular flexibility index (Phi) is 4.73. The molecule has 3 aromatic rings. The van der Waals surface area contributed by atoms with Crippen molar-refractivity contribution in [2.75, 3.05) is 25.5 Å². The van der Waals surface area contributed by atoms with Gasteiger partial charge >= 0.3 is 0 Å². The number of nitrogens with one attached hydrogen (secondary N) is 2. The van der Waals surface area contributed by atoms with Gasteiger partial charge in [0.15, 0.2) is 0 Å². The fourth-order valence-corrected chi connectivity index (χ4v) is 3.98. The molecule has 2 aliphatic heterocycles. The lowest BCUT2D eigenvalue weighted by Crippen LogP contribution is -2.38. The van der Waals surface area contributed by atoms with Gasteiger partial charge in [0.1, 0.15) is 11.6 Å². The minimum Gasteiger partial charge on any atom is -0.497 e. The van der Waals surface area contributed by atoms with E-state index < -0.39 is 0 Å². The summed E-state index contributed by atoms with van der Waals surface area (Å²) >= 11 is 0. The largest absolute Gasteiger partial charge is 0.497 e. The molecule has 1 aromatic carbocycles. The lowest BCUT2D eigenvalue weighted by atomic mass is 10.1. The Morgan fingerprint density at radius 1 is 1.24 bits per heavy atom. The van der Waals surface area contributed by atoms with E-state index in [0.29, 0.717) is 12.0 Å². The Morgan fingerprint density at radius 3 is 3.07 bits per heavy atom. The molecule has 1 fully saturated rings. The molecule has 7 nitrogen and oxygen atoms in total. The van der Waals surface area contributed by atoms with Crippen LogP contribution in [0, 0.1) is 0 Å². The first-order valence-corrected chi connectivity index (χ1v) is 10.0. The van der Waals surface area contributed by atoms with Crippen LogP contribution in [0.5, 0.6) is 5.75 Å². The second kappa shape index (κ2) is 7.67. The summed E-state index contributed by atoms with van der Waals surface area (Å²) in [7, 11) is 1.68. The molecule has 0 bridgehead atoms. The number of nitrogens with zero attached hydrogens (tertiary/aromatic N) is 4. The molecule has 5 rings (SSSR count). The number of benzene rings is 1. The van der Waals surface area contributed by atoms with E-state index in [1.165, 1.54) is 0 Å². The van der Waals surface area contributed by atoms with Crippen LogP contribution >= 0.6 is 0 Å². The molecular weight excluding hydrogens is 364 g/mol. The van der Waals surface area contributed by atoms with Gasteiger partial charge in [-0.15, -0.1) is 0 Å². The van der Waals surface area contributed by atoms with Gasteiger partial charge in [0.05, 0.1) is 24.2 Å². The molecule has 1 atom stereocenters. The van der Waals surface area contributed by atoms with Gasteiger partial charge in [0, 0.05) is 37.0 Å². The summed E-state index contributed by atoms with van der Waals surface area (Å²) in [4.78, 5) is 14.2. The van der Waals surface area contributed by atoms with Gasteiger partial charge in [-0.05, 0) is 37.6 Å². The average Bonchev–Trinajstić information content (AvgIpc) is 3.36. The third-order valence-corrected chi connectivity index (χ3v) is 5.41. The predicted molar refractivity (Wildman–Crippen MR) is 114 cm³/mol. The highest BCUT2D eigenvalue weighted by Gasteiger charge is 2.23. The third kappa shape index (κ3) is 3.49. The van der Waals surface area contributed by atoms with E-state index in [-0.39, 0.29) is 0 Å². The first-order valence-electron chi connectivity index (χ1n) is 10.0. The molecule has 4 heterocycles. The minimum atomic E-state index is 0.355. The first-order chi connectivity index (χ1) is 14.3. The number of allylic oxidation sites excluding steroid dienone is 1. The van der Waals surface area contributed by atoms with E-state index in [1.54, 1.807) is 7.11 Å². The normalized spacial score (nSPS) is 17.9. The third-order valence-electron chi connectivity index (χ3n) is 5.41. The molecule has 2 aromatic heterocycles. The van der Waals surface area contributed by atoms with E-state index in [4.69, 9.17) is 14.7 Å². The van der Waals surface area contributed by atoms with E-state index >= 15 is 0 Å². The van der Waals surface area contributed by atoms with Crippen LogP contribution in [0.15, 0.2) is 42.6 Å². The molecule has 0 radical (unpaired) electrons. The number of ether oxygens (including phenoxy) is 1. The van der Waals surface area contributed by atoms with Gasteiger partial charge in [-0.3, -0.25) is 0 Å². The van der Waals surface area contributed by atoms with E-state index in [2.05, 4.69) is 38.5 Å². The number of methoxy groups -OCH3 is 1. The number of piperidine rings is 1. The molecule has 148 valence electrons. The van der Waals surface area contributed by atoms with Crippen molar-refractivity contribution in [1.29, 1.82) is 0 Å². The van der Waals surface area contributed by atoms with Crippen LogP contribution < -0.4 is 15.4 Å². The van der Waals surface area contributed by atoms with Crippen LogP contribution in [-0.4, -0.2) is 45.8 Å². The van der Waals surface area contributed by atoms with Crippen LogP contribution in [0.3, 0.4) is 0 Å². The average molecular weight is 388 g/mol. The summed E-state index contributed by atoms with van der Waals surface area (Å²) in [6, 6.07) is 10.3.